The van der Waals surface area contributed by atoms with Crippen molar-refractivity contribution in [3.63, 3.8) is 0 Å². The van der Waals surface area contributed by atoms with E-state index in [0.29, 0.717) is 39.2 Å². The summed E-state index contributed by atoms with van der Waals surface area (Å²) in [6.45, 7) is 1.84. The molecule has 5 rings (SSSR count). The summed E-state index contributed by atoms with van der Waals surface area (Å²) in [7, 11) is 0. The highest BCUT2D eigenvalue weighted by atomic mass is 19.3. The summed E-state index contributed by atoms with van der Waals surface area (Å²) in [6, 6.07) is 22.4. The van der Waals surface area contributed by atoms with Crippen LogP contribution < -0.4 is 19.8 Å². The van der Waals surface area contributed by atoms with Crippen LogP contribution in [0.25, 0.3) is 11.0 Å². The quantitative estimate of drug-likeness (QED) is 0.0720. The summed E-state index contributed by atoms with van der Waals surface area (Å²) in [5.74, 6) is 0.634. The highest BCUT2D eigenvalue weighted by Crippen LogP contribution is 2.41. The topological polar surface area (TPSA) is 57.9 Å². The Morgan fingerprint density at radius 1 is 0.568 bits per heavy atom. The number of rotatable bonds is 9. The summed E-state index contributed by atoms with van der Waals surface area (Å²) in [6.07, 6.45) is -5.20. The molecule has 0 aliphatic carbocycles. The first-order chi connectivity index (χ1) is 21.0. The van der Waals surface area contributed by atoms with Crippen molar-refractivity contribution >= 4 is 11.0 Å². The van der Waals surface area contributed by atoms with E-state index in [-0.39, 0.29) is 11.5 Å². The number of benzene rings is 4. The van der Waals surface area contributed by atoms with Crippen molar-refractivity contribution < 1.29 is 45.0 Å². The molecule has 0 aliphatic heterocycles. The number of fused-ring (bicyclic) bond motifs is 1. The smallest absolute Gasteiger partial charge is 0.344 e. The van der Waals surface area contributed by atoms with E-state index in [1.165, 1.54) is 30.3 Å². The number of ether oxygens (including phenoxy) is 3. The van der Waals surface area contributed by atoms with Crippen LogP contribution in [0, 0.1) is 0 Å². The second kappa shape index (κ2) is 12.4. The zero-order chi connectivity index (χ0) is 31.4. The van der Waals surface area contributed by atoms with Crippen molar-refractivity contribution in [2.45, 2.75) is 12.3 Å². The molecule has 0 atom stereocenters. The standard InChI is InChI=1S/C33H20F6O5/c1-33(21-5-11-24(12-6-21)42-31(38)29(34)35,22-7-13-25(14-8-22)43-32(39)30(36)37)20-3-9-23(10-4-20)41-26-15-16-27-19(18-26)2-17-28(40)44-27/h2-18H,1H3. The molecular formula is C33H20F6O5. The van der Waals surface area contributed by atoms with Gasteiger partial charge in [-0.05, 0) is 84.3 Å². The summed E-state index contributed by atoms with van der Waals surface area (Å²) in [5, 5.41) is 0.667. The molecule has 5 nitrogen and oxygen atoms in total. The molecule has 0 unspecified atom stereocenters. The van der Waals surface area contributed by atoms with Crippen molar-refractivity contribution in [3.8, 4) is 23.0 Å². The van der Waals surface area contributed by atoms with Crippen molar-refractivity contribution in [2.75, 3.05) is 0 Å². The lowest BCUT2D eigenvalue weighted by Gasteiger charge is -2.32. The van der Waals surface area contributed by atoms with Crippen LogP contribution in [0.1, 0.15) is 23.6 Å². The van der Waals surface area contributed by atoms with E-state index in [2.05, 4.69) is 9.47 Å². The third-order valence-corrected chi connectivity index (χ3v) is 6.83. The third-order valence-electron chi connectivity index (χ3n) is 6.83. The van der Waals surface area contributed by atoms with Crippen LogP contribution in [0.15, 0.2) is 137 Å². The molecule has 0 N–H and O–H groups in total. The molecule has 44 heavy (non-hydrogen) atoms. The normalized spacial score (nSPS) is 11.2. The molecule has 5 aromatic rings. The molecule has 0 bridgehead atoms. The summed E-state index contributed by atoms with van der Waals surface area (Å²) >= 11 is 0. The van der Waals surface area contributed by atoms with Gasteiger partial charge in [-0.15, -0.1) is 0 Å². The Morgan fingerprint density at radius 3 is 1.45 bits per heavy atom. The molecule has 11 heteroatoms. The van der Waals surface area contributed by atoms with Crippen molar-refractivity contribution in [2.24, 2.45) is 0 Å². The second-order valence-corrected chi connectivity index (χ2v) is 9.53. The van der Waals surface area contributed by atoms with Crippen molar-refractivity contribution in [1.82, 2.24) is 0 Å². The predicted molar refractivity (Wildman–Crippen MR) is 149 cm³/mol. The lowest BCUT2D eigenvalue weighted by atomic mass is 9.71. The Bertz CT molecular complexity index is 1840. The van der Waals surface area contributed by atoms with Crippen LogP contribution >= 0.6 is 0 Å². The fourth-order valence-corrected chi connectivity index (χ4v) is 4.60. The van der Waals surface area contributed by atoms with Gasteiger partial charge in [0.2, 0.25) is 0 Å². The second-order valence-electron chi connectivity index (χ2n) is 9.53. The first-order valence-electron chi connectivity index (χ1n) is 12.8. The molecule has 0 aliphatic rings. The van der Waals surface area contributed by atoms with E-state index in [4.69, 9.17) is 9.15 Å². The molecule has 0 saturated carbocycles. The highest BCUT2D eigenvalue weighted by molar-refractivity contribution is 5.78. The molecule has 4 aromatic carbocycles. The van der Waals surface area contributed by atoms with E-state index >= 15 is 0 Å². The van der Waals surface area contributed by atoms with Gasteiger partial charge in [0.05, 0.1) is 0 Å². The van der Waals surface area contributed by atoms with Gasteiger partial charge in [0.25, 0.3) is 0 Å². The summed E-state index contributed by atoms with van der Waals surface area (Å²) in [5.41, 5.74) is 0.934. The molecule has 0 fully saturated rings. The molecule has 0 saturated heterocycles. The fourth-order valence-electron chi connectivity index (χ4n) is 4.60. The van der Waals surface area contributed by atoms with Gasteiger partial charge in [0, 0.05) is 16.9 Å². The Kier molecular flexibility index (Phi) is 8.48. The Morgan fingerprint density at radius 2 is 1.00 bits per heavy atom. The van der Waals surface area contributed by atoms with Gasteiger partial charge >= 0.3 is 29.8 Å². The van der Waals surface area contributed by atoms with Gasteiger partial charge in [-0.2, -0.15) is 26.3 Å². The number of hydrogen-bond acceptors (Lipinski definition) is 5. The van der Waals surface area contributed by atoms with E-state index in [9.17, 15) is 31.1 Å². The van der Waals surface area contributed by atoms with Crippen LogP contribution in [0.3, 0.4) is 0 Å². The first kappa shape index (κ1) is 30.0. The van der Waals surface area contributed by atoms with E-state index in [1.807, 2.05) is 6.92 Å². The maximum Gasteiger partial charge on any atom is 0.344 e. The van der Waals surface area contributed by atoms with Gasteiger partial charge in [-0.25, -0.2) is 4.79 Å². The SMILES string of the molecule is CC(c1ccc(OC(F)=C(F)F)cc1)(c1ccc(OC(F)=C(F)F)cc1)c1ccc(Oc2ccc3oc(=O)ccc3c2)cc1. The molecule has 0 radical (unpaired) electrons. The van der Waals surface area contributed by atoms with Crippen molar-refractivity contribution in [1.29, 1.82) is 0 Å². The molecule has 0 amide bonds. The molecule has 224 valence electrons. The molecule has 1 aromatic heterocycles. The number of hydrogen-bond donors (Lipinski definition) is 0. The fraction of sp³-hybridized carbons (Fsp3) is 0.0606. The minimum absolute atomic E-state index is 0.168. The highest BCUT2D eigenvalue weighted by Gasteiger charge is 2.31. The maximum absolute atomic E-state index is 13.3. The maximum atomic E-state index is 13.3. The minimum Gasteiger partial charge on any atom is -0.457 e. The van der Waals surface area contributed by atoms with E-state index in [0.717, 1.165) is 0 Å². The monoisotopic (exact) mass is 610 g/mol. The largest absolute Gasteiger partial charge is 0.457 e. The van der Waals surface area contributed by atoms with Crippen LogP contribution in [0.2, 0.25) is 0 Å². The first-order valence-corrected chi connectivity index (χ1v) is 12.8. The van der Waals surface area contributed by atoms with Crippen LogP contribution in [0.5, 0.6) is 23.0 Å². The Balaban J connectivity index is 1.49. The number of halogens is 6. The Labute approximate surface area is 245 Å². The lowest BCUT2D eigenvalue weighted by Crippen LogP contribution is -2.25. The van der Waals surface area contributed by atoms with Crippen molar-refractivity contribution in [3.05, 3.63) is 154 Å². The lowest BCUT2D eigenvalue weighted by molar-refractivity contribution is 0.241. The summed E-state index contributed by atoms with van der Waals surface area (Å²) in [4.78, 5) is 11.4. The van der Waals surface area contributed by atoms with Gasteiger partial charge in [0.15, 0.2) is 0 Å². The summed E-state index contributed by atoms with van der Waals surface area (Å²) < 4.78 is 96.9. The zero-order valence-electron chi connectivity index (χ0n) is 22.6. The van der Waals surface area contributed by atoms with Gasteiger partial charge < -0.3 is 18.6 Å². The van der Waals surface area contributed by atoms with E-state index in [1.54, 1.807) is 72.8 Å². The predicted octanol–water partition coefficient (Wildman–Crippen LogP) is 9.77. The molecular weight excluding hydrogens is 590 g/mol. The molecule has 0 spiro atoms. The Hall–Kier alpha value is -5.45. The zero-order valence-corrected chi connectivity index (χ0v) is 22.6. The van der Waals surface area contributed by atoms with Gasteiger partial charge in [-0.1, -0.05) is 36.4 Å². The average Bonchev–Trinajstić information content (AvgIpc) is 3.01. The molecule has 1 heterocycles. The van der Waals surface area contributed by atoms with E-state index < -0.39 is 35.2 Å². The third kappa shape index (κ3) is 6.46. The average molecular weight is 611 g/mol. The van der Waals surface area contributed by atoms with Gasteiger partial charge in [-0.3, -0.25) is 0 Å². The van der Waals surface area contributed by atoms with Gasteiger partial charge in [0.1, 0.15) is 28.6 Å². The van der Waals surface area contributed by atoms with Crippen LogP contribution in [0.4, 0.5) is 26.3 Å². The van der Waals surface area contributed by atoms with Crippen LogP contribution in [-0.4, -0.2) is 0 Å². The minimum atomic E-state index is -2.60. The van der Waals surface area contributed by atoms with Crippen LogP contribution in [-0.2, 0) is 5.41 Å².